The number of carbonyl (C=O) groups excluding carboxylic acids is 3. The number of hydrogen-bond acceptors (Lipinski definition) is 6. The van der Waals surface area contributed by atoms with Gasteiger partial charge in [-0.15, -0.1) is 0 Å². The maximum absolute atomic E-state index is 12.8. The molecule has 0 aliphatic heterocycles. The fraction of sp³-hybridized carbons (Fsp3) is 0.551. The Morgan fingerprint density at radius 2 is 0.587 bits per heavy atom. The summed E-state index contributed by atoms with van der Waals surface area (Å²) in [5.74, 6) is -1.13. The van der Waals surface area contributed by atoms with E-state index in [9.17, 15) is 14.4 Å². The summed E-state index contributed by atoms with van der Waals surface area (Å²) >= 11 is 0. The first-order chi connectivity index (χ1) is 37.0. The molecule has 0 rings (SSSR count). The zero-order chi connectivity index (χ0) is 54.3. The Morgan fingerprint density at radius 3 is 0.947 bits per heavy atom. The lowest BCUT2D eigenvalue weighted by molar-refractivity contribution is -0.166. The molecule has 0 bridgehead atoms. The molecule has 418 valence electrons. The van der Waals surface area contributed by atoms with Gasteiger partial charge in [0.05, 0.1) is 0 Å². The van der Waals surface area contributed by atoms with Crippen LogP contribution < -0.4 is 0 Å². The van der Waals surface area contributed by atoms with Gasteiger partial charge in [0.2, 0.25) is 0 Å². The maximum atomic E-state index is 12.8. The van der Waals surface area contributed by atoms with Crippen LogP contribution in [0.15, 0.2) is 170 Å². The summed E-state index contributed by atoms with van der Waals surface area (Å²) in [6, 6.07) is 0. The van der Waals surface area contributed by atoms with Gasteiger partial charge in [0.15, 0.2) is 6.10 Å². The number of hydrogen-bond donors (Lipinski definition) is 0. The Hall–Kier alpha value is -5.23. The van der Waals surface area contributed by atoms with Gasteiger partial charge in [0, 0.05) is 19.3 Å². The van der Waals surface area contributed by atoms with Crippen LogP contribution in [0, 0.1) is 0 Å². The molecule has 6 heteroatoms. The van der Waals surface area contributed by atoms with Crippen LogP contribution in [0.2, 0.25) is 0 Å². The number of carbonyl (C=O) groups is 3. The van der Waals surface area contributed by atoms with Gasteiger partial charge in [-0.05, 0) is 122 Å². The summed E-state index contributed by atoms with van der Waals surface area (Å²) in [5, 5.41) is 0. The van der Waals surface area contributed by atoms with Crippen molar-refractivity contribution < 1.29 is 28.6 Å². The van der Waals surface area contributed by atoms with Crippen molar-refractivity contribution in [2.75, 3.05) is 13.2 Å². The SMILES string of the molecule is CC/C=C\C/C=C\C/C=C\C/C=C\C/C=C\C/C=C\CCC(=O)OCC(COC(=O)CCCCCCCCCCCC/C=C\C=C/CCCCC)OC(=O)CC/C=C\C/C=C\C/C=C\C/C=C\C/C=C\C/C=C\CC. The molecule has 0 aromatic rings. The molecule has 0 aromatic heterocycles. The highest BCUT2D eigenvalue weighted by Crippen LogP contribution is 2.13. The Bertz CT molecular complexity index is 1750. The zero-order valence-corrected chi connectivity index (χ0v) is 47.7. The molecular formula is C69H106O6. The molecule has 0 N–H and O–H groups in total. The lowest BCUT2D eigenvalue weighted by Crippen LogP contribution is -2.30. The highest BCUT2D eigenvalue weighted by atomic mass is 16.6. The van der Waals surface area contributed by atoms with Gasteiger partial charge in [-0.1, -0.05) is 255 Å². The topological polar surface area (TPSA) is 78.9 Å². The van der Waals surface area contributed by atoms with Crippen molar-refractivity contribution in [1.82, 2.24) is 0 Å². The Labute approximate surface area is 460 Å². The third-order valence-corrected chi connectivity index (χ3v) is 11.7. The molecule has 0 heterocycles. The average molecular weight is 1030 g/mol. The summed E-state index contributed by atoms with van der Waals surface area (Å²) in [7, 11) is 0. The van der Waals surface area contributed by atoms with E-state index in [2.05, 4.69) is 167 Å². The molecule has 0 amide bonds. The number of ether oxygens (including phenoxy) is 3. The Morgan fingerprint density at radius 1 is 0.293 bits per heavy atom. The van der Waals surface area contributed by atoms with E-state index in [1.165, 1.54) is 77.0 Å². The van der Waals surface area contributed by atoms with E-state index in [4.69, 9.17) is 14.2 Å². The number of allylic oxidation sites excluding steroid dienone is 28. The number of esters is 3. The van der Waals surface area contributed by atoms with Crippen molar-refractivity contribution in [2.45, 2.75) is 232 Å². The second-order valence-corrected chi connectivity index (χ2v) is 18.8. The Kier molecular flexibility index (Phi) is 57.0. The molecule has 1 atom stereocenters. The van der Waals surface area contributed by atoms with E-state index in [1.807, 2.05) is 24.3 Å². The molecule has 0 aliphatic rings. The van der Waals surface area contributed by atoms with Crippen LogP contribution in [0.5, 0.6) is 0 Å². The molecule has 1 unspecified atom stereocenters. The first kappa shape index (κ1) is 69.8. The van der Waals surface area contributed by atoms with Gasteiger partial charge < -0.3 is 14.2 Å². The normalized spacial score (nSPS) is 13.4. The first-order valence-electron chi connectivity index (χ1n) is 29.7. The molecule has 0 spiro atoms. The van der Waals surface area contributed by atoms with E-state index in [-0.39, 0.29) is 38.0 Å². The third kappa shape index (κ3) is 59.5. The van der Waals surface area contributed by atoms with Crippen LogP contribution in [0.25, 0.3) is 0 Å². The average Bonchev–Trinajstić information content (AvgIpc) is 3.41. The lowest BCUT2D eigenvalue weighted by Gasteiger charge is -2.18. The fourth-order valence-corrected chi connectivity index (χ4v) is 7.37. The largest absolute Gasteiger partial charge is 0.462 e. The standard InChI is InChI=1S/C69H106O6/c1-4-7-10-13-16-19-22-25-28-31-34-37-40-43-46-49-52-55-58-61-67(70)73-64-66(75-69(72)63-60-57-54-51-48-45-42-39-36-33-30-27-24-21-18-15-12-9-6-3)65-74-68(71)62-59-56-53-50-47-44-41-38-35-32-29-26-23-20-17-14-11-8-5-2/h7,9-10,12,16-21,23,25-28,30,34,36-37,39,43,45-46,48,52,54-55,57,66H,4-6,8,11,13-15,22,24,29,31-33,35,38,40-42,44,47,49-51,53,56,58-65H2,1-3H3/b10-7-,12-9-,19-16-,20-17-,21-18-,26-23-,28-25-,30-27-,37-34-,39-36-,46-43-,48-45-,55-52-,57-54-. The van der Waals surface area contributed by atoms with Gasteiger partial charge >= 0.3 is 17.9 Å². The number of unbranched alkanes of at least 4 members (excludes halogenated alkanes) is 13. The monoisotopic (exact) mass is 1030 g/mol. The van der Waals surface area contributed by atoms with E-state index in [1.54, 1.807) is 0 Å². The van der Waals surface area contributed by atoms with Crippen LogP contribution in [0.3, 0.4) is 0 Å². The van der Waals surface area contributed by atoms with Crippen molar-refractivity contribution in [3.8, 4) is 0 Å². The van der Waals surface area contributed by atoms with Crippen molar-refractivity contribution >= 4 is 17.9 Å². The van der Waals surface area contributed by atoms with E-state index < -0.39 is 12.1 Å². The zero-order valence-electron chi connectivity index (χ0n) is 47.7. The highest BCUT2D eigenvalue weighted by molar-refractivity contribution is 5.71. The minimum absolute atomic E-state index is 0.141. The van der Waals surface area contributed by atoms with Crippen LogP contribution in [0.1, 0.15) is 226 Å². The molecule has 0 radical (unpaired) electrons. The quantitative estimate of drug-likeness (QED) is 0.0199. The van der Waals surface area contributed by atoms with Crippen molar-refractivity contribution in [2.24, 2.45) is 0 Å². The smallest absolute Gasteiger partial charge is 0.306 e. The van der Waals surface area contributed by atoms with Gasteiger partial charge in [0.1, 0.15) is 13.2 Å². The maximum Gasteiger partial charge on any atom is 0.306 e. The molecule has 0 saturated carbocycles. The predicted molar refractivity (Wildman–Crippen MR) is 325 cm³/mol. The minimum atomic E-state index is -0.861. The highest BCUT2D eigenvalue weighted by Gasteiger charge is 2.19. The van der Waals surface area contributed by atoms with E-state index >= 15 is 0 Å². The molecule has 0 fully saturated rings. The molecular weight excluding hydrogens is 925 g/mol. The predicted octanol–water partition coefficient (Wildman–Crippen LogP) is 20.3. The van der Waals surface area contributed by atoms with Gasteiger partial charge in [0.25, 0.3) is 0 Å². The lowest BCUT2D eigenvalue weighted by atomic mass is 10.1. The molecule has 6 nitrogen and oxygen atoms in total. The van der Waals surface area contributed by atoms with Gasteiger partial charge in [-0.2, -0.15) is 0 Å². The van der Waals surface area contributed by atoms with Crippen LogP contribution in [-0.2, 0) is 28.6 Å². The summed E-state index contributed by atoms with van der Waals surface area (Å²) in [4.78, 5) is 38.2. The van der Waals surface area contributed by atoms with Gasteiger partial charge in [-0.3, -0.25) is 14.4 Å². The fourth-order valence-electron chi connectivity index (χ4n) is 7.37. The van der Waals surface area contributed by atoms with Crippen LogP contribution >= 0.6 is 0 Å². The van der Waals surface area contributed by atoms with Crippen molar-refractivity contribution in [3.63, 3.8) is 0 Å². The molecule has 0 aromatic carbocycles. The molecule has 0 saturated heterocycles. The van der Waals surface area contributed by atoms with Crippen molar-refractivity contribution in [1.29, 1.82) is 0 Å². The second-order valence-electron chi connectivity index (χ2n) is 18.8. The third-order valence-electron chi connectivity index (χ3n) is 11.7. The van der Waals surface area contributed by atoms with E-state index in [0.29, 0.717) is 19.3 Å². The van der Waals surface area contributed by atoms with Gasteiger partial charge in [-0.25, -0.2) is 0 Å². The van der Waals surface area contributed by atoms with E-state index in [0.717, 1.165) is 96.3 Å². The summed E-state index contributed by atoms with van der Waals surface area (Å²) < 4.78 is 16.7. The summed E-state index contributed by atoms with van der Waals surface area (Å²) in [6.07, 6.45) is 90.8. The van der Waals surface area contributed by atoms with Crippen LogP contribution in [-0.4, -0.2) is 37.2 Å². The summed E-state index contributed by atoms with van der Waals surface area (Å²) in [5.41, 5.74) is 0. The van der Waals surface area contributed by atoms with Crippen LogP contribution in [0.4, 0.5) is 0 Å². The minimum Gasteiger partial charge on any atom is -0.462 e. The second kappa shape index (κ2) is 61.3. The number of rotatable bonds is 51. The van der Waals surface area contributed by atoms with Crippen molar-refractivity contribution in [3.05, 3.63) is 170 Å². The first-order valence-corrected chi connectivity index (χ1v) is 29.7. The molecule has 75 heavy (non-hydrogen) atoms. The summed E-state index contributed by atoms with van der Waals surface area (Å²) in [6.45, 7) is 6.24. The molecule has 0 aliphatic carbocycles. The Balaban J connectivity index is 4.64.